The zero-order chi connectivity index (χ0) is 18.9. The van der Waals surface area contributed by atoms with Crippen molar-refractivity contribution in [2.24, 2.45) is 5.41 Å². The highest BCUT2D eigenvalue weighted by Crippen LogP contribution is 2.29. The summed E-state index contributed by atoms with van der Waals surface area (Å²) in [6, 6.07) is 4.04. The van der Waals surface area contributed by atoms with Crippen molar-refractivity contribution in [1.29, 1.82) is 0 Å². The molecule has 0 aromatic carbocycles. The van der Waals surface area contributed by atoms with E-state index >= 15 is 0 Å². The second-order valence-electron chi connectivity index (χ2n) is 8.25. The van der Waals surface area contributed by atoms with Crippen LogP contribution >= 0.6 is 0 Å². The molecule has 136 valence electrons. The number of nitrogens with zero attached hydrogens (tertiary/aromatic N) is 3. The molecule has 0 amide bonds. The Morgan fingerprint density at radius 3 is 1.84 bits per heavy atom. The maximum absolute atomic E-state index is 12.6. The molecule has 3 nitrogen and oxygen atoms in total. The van der Waals surface area contributed by atoms with Gasteiger partial charge in [-0.15, -0.1) is 0 Å². The van der Waals surface area contributed by atoms with Crippen LogP contribution < -0.4 is 0 Å². The zero-order valence-electron chi connectivity index (χ0n) is 15.3. The maximum atomic E-state index is 12.6. The van der Waals surface area contributed by atoms with Crippen LogP contribution in [0, 0.1) is 5.41 Å². The smallest absolute Gasteiger partial charge is 0.261 e. The molecule has 25 heavy (non-hydrogen) atoms. The average molecular weight is 351 g/mol. The number of aromatic nitrogens is 3. The van der Waals surface area contributed by atoms with E-state index in [9.17, 15) is 13.2 Å². The molecule has 0 unspecified atom stereocenters. The van der Waals surface area contributed by atoms with Gasteiger partial charge in [-0.05, 0) is 40.9 Å². The molecule has 0 atom stereocenters. The molecule has 0 spiro atoms. The SMILES string of the molecule is CC(C)(C)Cc1ccc(CC(C)(C)c2cnc(C(F)(F)F)nc2)nc1. The van der Waals surface area contributed by atoms with Crippen molar-refractivity contribution in [3.63, 3.8) is 0 Å². The monoisotopic (exact) mass is 351 g/mol. The van der Waals surface area contributed by atoms with Crippen molar-refractivity contribution in [3.05, 3.63) is 53.4 Å². The van der Waals surface area contributed by atoms with Crippen molar-refractivity contribution in [2.75, 3.05) is 0 Å². The fraction of sp³-hybridized carbons (Fsp3) is 0.526. The molecule has 0 aliphatic carbocycles. The van der Waals surface area contributed by atoms with Crippen LogP contribution in [0.1, 0.15) is 57.3 Å². The van der Waals surface area contributed by atoms with E-state index in [-0.39, 0.29) is 5.41 Å². The summed E-state index contributed by atoms with van der Waals surface area (Å²) in [5, 5.41) is 0. The number of hydrogen-bond acceptors (Lipinski definition) is 3. The summed E-state index contributed by atoms with van der Waals surface area (Å²) < 4.78 is 37.7. The van der Waals surface area contributed by atoms with E-state index in [1.807, 2.05) is 26.1 Å². The second kappa shape index (κ2) is 6.73. The Labute approximate surface area is 146 Å². The summed E-state index contributed by atoms with van der Waals surface area (Å²) in [5.74, 6) is -1.11. The number of alkyl halides is 3. The van der Waals surface area contributed by atoms with E-state index in [0.717, 1.165) is 12.1 Å². The molecule has 2 rings (SSSR count). The van der Waals surface area contributed by atoms with Gasteiger partial charge >= 0.3 is 6.18 Å². The molecule has 2 aromatic rings. The second-order valence-corrected chi connectivity index (χ2v) is 8.25. The molecule has 0 fully saturated rings. The first kappa shape index (κ1) is 19.3. The summed E-state index contributed by atoms with van der Waals surface area (Å²) in [6.45, 7) is 10.4. The lowest BCUT2D eigenvalue weighted by atomic mass is 9.81. The average Bonchev–Trinajstić information content (AvgIpc) is 2.47. The first-order chi connectivity index (χ1) is 11.4. The lowest BCUT2D eigenvalue weighted by Crippen LogP contribution is -2.23. The highest BCUT2D eigenvalue weighted by atomic mass is 19.4. The Balaban J connectivity index is 2.12. The van der Waals surface area contributed by atoms with Gasteiger partial charge in [0.1, 0.15) is 0 Å². The molecule has 0 N–H and O–H groups in total. The highest BCUT2D eigenvalue weighted by molar-refractivity contribution is 5.23. The molecular weight excluding hydrogens is 327 g/mol. The summed E-state index contributed by atoms with van der Waals surface area (Å²) in [4.78, 5) is 11.4. The van der Waals surface area contributed by atoms with Gasteiger partial charge in [0.2, 0.25) is 5.82 Å². The van der Waals surface area contributed by atoms with Crippen molar-refractivity contribution < 1.29 is 13.2 Å². The number of halogens is 3. The highest BCUT2D eigenvalue weighted by Gasteiger charge is 2.35. The molecule has 0 radical (unpaired) electrons. The van der Waals surface area contributed by atoms with E-state index in [1.165, 1.54) is 18.0 Å². The summed E-state index contributed by atoms with van der Waals surface area (Å²) in [5.41, 5.74) is 2.50. The van der Waals surface area contributed by atoms with Gasteiger partial charge in [0.25, 0.3) is 0 Å². The third-order valence-electron chi connectivity index (χ3n) is 3.93. The normalized spacial score (nSPS) is 13.1. The fourth-order valence-corrected chi connectivity index (χ4v) is 2.66. The standard InChI is InChI=1S/C19H24F3N3/c1-17(2,3)8-13-6-7-15(23-10-13)9-18(4,5)14-11-24-16(25-12-14)19(20,21)22/h6-7,10-12H,8-9H2,1-5H3. The molecule has 0 aliphatic rings. The first-order valence-electron chi connectivity index (χ1n) is 8.20. The third kappa shape index (κ3) is 5.51. The van der Waals surface area contributed by atoms with Gasteiger partial charge in [0, 0.05) is 24.3 Å². The van der Waals surface area contributed by atoms with Crippen molar-refractivity contribution in [3.8, 4) is 0 Å². The topological polar surface area (TPSA) is 38.7 Å². The minimum atomic E-state index is -4.52. The van der Waals surface area contributed by atoms with Gasteiger partial charge in [-0.1, -0.05) is 40.7 Å². The molecule has 0 aliphatic heterocycles. The van der Waals surface area contributed by atoms with Crippen LogP contribution in [0.4, 0.5) is 13.2 Å². The summed E-state index contributed by atoms with van der Waals surface area (Å²) in [7, 11) is 0. The fourth-order valence-electron chi connectivity index (χ4n) is 2.66. The van der Waals surface area contributed by atoms with Gasteiger partial charge in [-0.3, -0.25) is 4.98 Å². The summed E-state index contributed by atoms with van der Waals surface area (Å²) in [6.07, 6.45) is 1.40. The number of hydrogen-bond donors (Lipinski definition) is 0. The van der Waals surface area contributed by atoms with E-state index in [2.05, 4.69) is 41.8 Å². The Kier molecular flexibility index (Phi) is 5.21. The molecular formula is C19H24F3N3. The predicted octanol–water partition coefficient (Wildman–Crippen LogP) is 5.00. The molecule has 0 saturated heterocycles. The van der Waals surface area contributed by atoms with Crippen LogP contribution in [-0.2, 0) is 24.4 Å². The van der Waals surface area contributed by atoms with Crippen LogP contribution in [0.5, 0.6) is 0 Å². The van der Waals surface area contributed by atoms with Crippen LogP contribution in [-0.4, -0.2) is 15.0 Å². The van der Waals surface area contributed by atoms with Crippen LogP contribution in [0.3, 0.4) is 0 Å². The van der Waals surface area contributed by atoms with Crippen LogP contribution in [0.2, 0.25) is 0 Å². The molecule has 0 bridgehead atoms. The zero-order valence-corrected chi connectivity index (χ0v) is 15.3. The number of pyridine rings is 1. The Bertz CT molecular complexity index is 697. The Morgan fingerprint density at radius 1 is 0.800 bits per heavy atom. The minimum Gasteiger partial charge on any atom is -0.261 e. The third-order valence-corrected chi connectivity index (χ3v) is 3.93. The lowest BCUT2D eigenvalue weighted by Gasteiger charge is -2.24. The molecule has 2 heterocycles. The minimum absolute atomic E-state index is 0.194. The summed E-state index contributed by atoms with van der Waals surface area (Å²) >= 11 is 0. The Hall–Kier alpha value is -1.98. The molecule has 2 aromatic heterocycles. The van der Waals surface area contributed by atoms with E-state index in [1.54, 1.807) is 0 Å². The van der Waals surface area contributed by atoms with Gasteiger partial charge < -0.3 is 0 Å². The number of rotatable bonds is 4. The lowest BCUT2D eigenvalue weighted by molar-refractivity contribution is -0.145. The maximum Gasteiger partial charge on any atom is 0.451 e. The molecule has 6 heteroatoms. The van der Waals surface area contributed by atoms with Gasteiger partial charge in [-0.25, -0.2) is 9.97 Å². The van der Waals surface area contributed by atoms with Crippen LogP contribution in [0.25, 0.3) is 0 Å². The van der Waals surface area contributed by atoms with Gasteiger partial charge in [0.15, 0.2) is 0 Å². The van der Waals surface area contributed by atoms with Crippen molar-refractivity contribution >= 4 is 0 Å². The quantitative estimate of drug-likeness (QED) is 0.778. The van der Waals surface area contributed by atoms with E-state index < -0.39 is 17.4 Å². The van der Waals surface area contributed by atoms with Crippen molar-refractivity contribution in [2.45, 2.75) is 59.1 Å². The largest absolute Gasteiger partial charge is 0.451 e. The van der Waals surface area contributed by atoms with Crippen LogP contribution in [0.15, 0.2) is 30.7 Å². The van der Waals surface area contributed by atoms with Gasteiger partial charge in [0.05, 0.1) is 0 Å². The van der Waals surface area contributed by atoms with E-state index in [0.29, 0.717) is 12.0 Å². The van der Waals surface area contributed by atoms with Crippen molar-refractivity contribution in [1.82, 2.24) is 15.0 Å². The Morgan fingerprint density at radius 2 is 1.40 bits per heavy atom. The predicted molar refractivity (Wildman–Crippen MR) is 91.2 cm³/mol. The van der Waals surface area contributed by atoms with Gasteiger partial charge in [-0.2, -0.15) is 13.2 Å². The first-order valence-corrected chi connectivity index (χ1v) is 8.20. The van der Waals surface area contributed by atoms with E-state index in [4.69, 9.17) is 0 Å². The molecule has 0 saturated carbocycles.